The Bertz CT molecular complexity index is 412. The van der Waals surface area contributed by atoms with Crippen LogP contribution in [0.1, 0.15) is 0 Å². The van der Waals surface area contributed by atoms with Crippen molar-refractivity contribution < 1.29 is 13.2 Å². The molecule has 0 saturated carbocycles. The van der Waals surface area contributed by atoms with Gasteiger partial charge in [0.15, 0.2) is 0 Å². The molecule has 0 fully saturated rings. The minimum atomic E-state index is -4.14. The van der Waals surface area contributed by atoms with E-state index in [-0.39, 0.29) is 0 Å². The summed E-state index contributed by atoms with van der Waals surface area (Å²) < 4.78 is 38.2. The van der Waals surface area contributed by atoms with E-state index in [2.05, 4.69) is 0 Å². The number of fused-ring (bicyclic) bond motifs is 1. The van der Waals surface area contributed by atoms with Gasteiger partial charge in [-0.05, 0) is 17.5 Å². The average Bonchev–Trinajstić information content (AvgIpc) is 2.50. The van der Waals surface area contributed by atoms with Crippen LogP contribution in [0.5, 0.6) is 0 Å². The van der Waals surface area contributed by atoms with Crippen LogP contribution in [0.2, 0.25) is 0 Å². The first-order valence-electron chi connectivity index (χ1n) is 3.65. The highest BCUT2D eigenvalue weighted by molar-refractivity contribution is 7.17. The molecule has 0 aliphatic rings. The second-order valence-corrected chi connectivity index (χ2v) is 3.68. The fourth-order valence-corrected chi connectivity index (χ4v) is 2.03. The molecule has 0 aliphatic heterocycles. The monoisotopic (exact) mass is 205 g/mol. The van der Waals surface area contributed by atoms with E-state index < -0.39 is 12.7 Å². The van der Waals surface area contributed by atoms with Crippen LogP contribution < -0.4 is 0 Å². The molecule has 5 heteroatoms. The minimum absolute atomic E-state index is 0.655. The Balaban J connectivity index is 2.38. The van der Waals surface area contributed by atoms with Crippen molar-refractivity contribution in [1.29, 1.82) is 0 Å². The van der Waals surface area contributed by atoms with Crippen LogP contribution in [0.25, 0.3) is 10.2 Å². The van der Waals surface area contributed by atoms with Gasteiger partial charge in [-0.2, -0.15) is 13.2 Å². The maximum atomic E-state index is 12.0. The molecule has 13 heavy (non-hydrogen) atoms. The normalized spacial score (nSPS) is 12.5. The molecule has 0 saturated heterocycles. The van der Waals surface area contributed by atoms with Gasteiger partial charge in [0.1, 0.15) is 6.54 Å². The molecule has 2 rings (SSSR count). The molecule has 0 spiro atoms. The molecule has 2 aromatic heterocycles. The lowest BCUT2D eigenvalue weighted by atomic mass is 10.5. The number of thiophene rings is 1. The first kappa shape index (κ1) is 8.62. The van der Waals surface area contributed by atoms with Crippen LogP contribution in [0, 0.1) is 0 Å². The molecular formula is C8H6F3NS. The molecule has 1 nitrogen and oxygen atoms in total. The summed E-state index contributed by atoms with van der Waals surface area (Å²) in [6, 6.07) is 3.40. The van der Waals surface area contributed by atoms with Crippen molar-refractivity contribution in [2.45, 2.75) is 12.7 Å². The molecule has 0 aromatic carbocycles. The van der Waals surface area contributed by atoms with Gasteiger partial charge in [-0.1, -0.05) is 0 Å². The number of nitrogens with zero attached hydrogens (tertiary/aromatic N) is 1. The molecule has 70 valence electrons. The number of hydrogen-bond acceptors (Lipinski definition) is 1. The van der Waals surface area contributed by atoms with Crippen LogP contribution in [0.4, 0.5) is 13.2 Å². The molecule has 0 N–H and O–H groups in total. The number of hydrogen-bond donors (Lipinski definition) is 0. The summed E-state index contributed by atoms with van der Waals surface area (Å²) in [5.74, 6) is 0. The predicted molar refractivity (Wildman–Crippen MR) is 45.9 cm³/mol. The van der Waals surface area contributed by atoms with Gasteiger partial charge in [0.25, 0.3) is 0 Å². The third-order valence-corrected chi connectivity index (χ3v) is 2.61. The third kappa shape index (κ3) is 1.70. The zero-order valence-corrected chi connectivity index (χ0v) is 7.32. The van der Waals surface area contributed by atoms with E-state index >= 15 is 0 Å². The van der Waals surface area contributed by atoms with E-state index in [1.54, 1.807) is 17.5 Å². The summed E-state index contributed by atoms with van der Waals surface area (Å²) in [4.78, 5) is 0. The van der Waals surface area contributed by atoms with Gasteiger partial charge in [0, 0.05) is 6.20 Å². The van der Waals surface area contributed by atoms with Crippen molar-refractivity contribution in [3.05, 3.63) is 23.7 Å². The minimum Gasteiger partial charge on any atom is -0.338 e. The largest absolute Gasteiger partial charge is 0.406 e. The van der Waals surface area contributed by atoms with E-state index in [1.165, 1.54) is 22.1 Å². The van der Waals surface area contributed by atoms with Crippen molar-refractivity contribution in [3.8, 4) is 0 Å². The lowest BCUT2D eigenvalue weighted by Crippen LogP contribution is -2.16. The van der Waals surface area contributed by atoms with Gasteiger partial charge in [0.2, 0.25) is 0 Å². The Hall–Kier alpha value is -0.970. The summed E-state index contributed by atoms with van der Waals surface area (Å²) in [6.07, 6.45) is -2.68. The van der Waals surface area contributed by atoms with Crippen LogP contribution in [-0.4, -0.2) is 10.7 Å². The molecule has 0 radical (unpaired) electrons. The third-order valence-electron chi connectivity index (χ3n) is 1.74. The Morgan fingerprint density at radius 2 is 2.08 bits per heavy atom. The standard InChI is InChI=1S/C8H6F3NS/c9-8(10,11)5-12-3-1-7-6(12)2-4-13-7/h1-4H,5H2. The summed E-state index contributed by atoms with van der Waals surface area (Å²) >= 11 is 1.45. The highest BCUT2D eigenvalue weighted by atomic mass is 32.1. The van der Waals surface area contributed by atoms with Gasteiger partial charge < -0.3 is 4.57 Å². The van der Waals surface area contributed by atoms with Gasteiger partial charge in [-0.25, -0.2) is 0 Å². The van der Waals surface area contributed by atoms with Crippen molar-refractivity contribution in [3.63, 3.8) is 0 Å². The molecular weight excluding hydrogens is 199 g/mol. The van der Waals surface area contributed by atoms with Crippen LogP contribution in [0.3, 0.4) is 0 Å². The molecule has 0 unspecified atom stereocenters. The van der Waals surface area contributed by atoms with Gasteiger partial charge in [-0.3, -0.25) is 0 Å². The average molecular weight is 205 g/mol. The zero-order chi connectivity index (χ0) is 9.47. The summed E-state index contributed by atoms with van der Waals surface area (Å²) in [7, 11) is 0. The van der Waals surface area contributed by atoms with E-state index in [0.717, 1.165) is 4.70 Å². The van der Waals surface area contributed by atoms with Gasteiger partial charge in [-0.15, -0.1) is 11.3 Å². The fourth-order valence-electron chi connectivity index (χ4n) is 1.25. The maximum Gasteiger partial charge on any atom is 0.406 e. The van der Waals surface area contributed by atoms with E-state index in [0.29, 0.717) is 5.52 Å². The second-order valence-electron chi connectivity index (χ2n) is 2.73. The Morgan fingerprint density at radius 1 is 1.31 bits per heavy atom. The second kappa shape index (κ2) is 2.77. The van der Waals surface area contributed by atoms with Crippen molar-refractivity contribution >= 4 is 21.6 Å². The molecule has 0 aliphatic carbocycles. The van der Waals surface area contributed by atoms with E-state index in [9.17, 15) is 13.2 Å². The molecule has 0 bridgehead atoms. The molecule has 0 atom stereocenters. The van der Waals surface area contributed by atoms with Gasteiger partial charge in [0.05, 0.1) is 10.2 Å². The van der Waals surface area contributed by atoms with E-state index in [4.69, 9.17) is 0 Å². The zero-order valence-electron chi connectivity index (χ0n) is 6.51. The first-order chi connectivity index (χ1) is 6.06. The Morgan fingerprint density at radius 3 is 2.77 bits per heavy atom. The van der Waals surface area contributed by atoms with E-state index in [1.807, 2.05) is 0 Å². The molecule has 2 heterocycles. The van der Waals surface area contributed by atoms with Crippen molar-refractivity contribution in [2.24, 2.45) is 0 Å². The smallest absolute Gasteiger partial charge is 0.338 e. The van der Waals surface area contributed by atoms with Crippen LogP contribution in [0.15, 0.2) is 23.7 Å². The topological polar surface area (TPSA) is 4.93 Å². The lowest BCUT2D eigenvalue weighted by molar-refractivity contribution is -0.139. The molecule has 2 aromatic rings. The number of halogens is 3. The SMILES string of the molecule is FC(F)(F)Cn1ccc2sccc21. The fraction of sp³-hybridized carbons (Fsp3) is 0.250. The van der Waals surface area contributed by atoms with Gasteiger partial charge >= 0.3 is 6.18 Å². The van der Waals surface area contributed by atoms with Crippen LogP contribution >= 0.6 is 11.3 Å². The van der Waals surface area contributed by atoms with Crippen molar-refractivity contribution in [1.82, 2.24) is 4.57 Å². The quantitative estimate of drug-likeness (QED) is 0.673. The Kier molecular flexibility index (Phi) is 1.83. The predicted octanol–water partition coefficient (Wildman–Crippen LogP) is 3.27. The first-order valence-corrected chi connectivity index (χ1v) is 4.53. The molecule has 0 amide bonds. The summed E-state index contributed by atoms with van der Waals surface area (Å²) in [6.45, 7) is -0.909. The van der Waals surface area contributed by atoms with Crippen molar-refractivity contribution in [2.75, 3.05) is 0 Å². The Labute approximate surface area is 76.4 Å². The highest BCUT2D eigenvalue weighted by Gasteiger charge is 2.28. The maximum absolute atomic E-state index is 12.0. The summed E-state index contributed by atoms with van der Waals surface area (Å²) in [5, 5.41) is 1.79. The van der Waals surface area contributed by atoms with Crippen LogP contribution in [-0.2, 0) is 6.54 Å². The summed E-state index contributed by atoms with van der Waals surface area (Å²) in [5.41, 5.74) is 0.655. The number of aromatic nitrogens is 1. The number of alkyl halides is 3. The lowest BCUT2D eigenvalue weighted by Gasteiger charge is -2.07. The highest BCUT2D eigenvalue weighted by Crippen LogP contribution is 2.25. The number of rotatable bonds is 1.